The molecule has 4 rings (SSSR count). The average molecular weight is 477 g/mol. The molecule has 1 aliphatic rings. The molecular formula is C27H28N2O4S. The molecule has 176 valence electrons. The second-order valence-corrected chi connectivity index (χ2v) is 8.40. The lowest BCUT2D eigenvalue weighted by Crippen LogP contribution is -2.34. The predicted molar refractivity (Wildman–Crippen MR) is 137 cm³/mol. The van der Waals surface area contributed by atoms with Crippen molar-refractivity contribution in [2.75, 3.05) is 25.1 Å². The zero-order valence-electron chi connectivity index (χ0n) is 18.9. The molecule has 1 atom stereocenters. The van der Waals surface area contributed by atoms with Gasteiger partial charge in [-0.05, 0) is 61.0 Å². The minimum Gasteiger partial charge on any atom is -0.493 e. The molecule has 3 aromatic carbocycles. The van der Waals surface area contributed by atoms with Crippen molar-refractivity contribution in [3.8, 4) is 11.5 Å². The van der Waals surface area contributed by atoms with Crippen molar-refractivity contribution in [3.05, 3.63) is 90.0 Å². The van der Waals surface area contributed by atoms with Crippen LogP contribution >= 0.6 is 12.2 Å². The summed E-state index contributed by atoms with van der Waals surface area (Å²) in [5, 5.41) is 5.96. The van der Waals surface area contributed by atoms with Gasteiger partial charge in [0.1, 0.15) is 18.1 Å². The number of anilines is 1. The van der Waals surface area contributed by atoms with Crippen LogP contribution in [0.3, 0.4) is 0 Å². The van der Waals surface area contributed by atoms with E-state index in [-0.39, 0.29) is 17.1 Å². The molecule has 3 aromatic rings. The largest absolute Gasteiger partial charge is 0.493 e. The van der Waals surface area contributed by atoms with Crippen molar-refractivity contribution in [2.45, 2.75) is 25.4 Å². The first-order valence-electron chi connectivity index (χ1n) is 11.4. The van der Waals surface area contributed by atoms with Crippen LogP contribution in [0.1, 0.15) is 28.8 Å². The molecule has 1 fully saturated rings. The summed E-state index contributed by atoms with van der Waals surface area (Å²) in [6.07, 6.45) is 3.04. The first-order valence-corrected chi connectivity index (χ1v) is 11.8. The fourth-order valence-corrected chi connectivity index (χ4v) is 3.84. The molecule has 0 spiro atoms. The molecule has 0 aliphatic carbocycles. The number of benzene rings is 3. The molecule has 0 aromatic heterocycles. The zero-order chi connectivity index (χ0) is 23.6. The molecule has 7 heteroatoms. The van der Waals surface area contributed by atoms with Crippen molar-refractivity contribution in [3.63, 3.8) is 0 Å². The predicted octanol–water partition coefficient (Wildman–Crippen LogP) is 4.99. The highest BCUT2D eigenvalue weighted by Gasteiger charge is 2.16. The van der Waals surface area contributed by atoms with E-state index in [2.05, 4.69) is 22.8 Å². The Morgan fingerprint density at radius 3 is 2.56 bits per heavy atom. The number of hydrogen-bond acceptors (Lipinski definition) is 5. The van der Waals surface area contributed by atoms with Crippen molar-refractivity contribution in [2.24, 2.45) is 0 Å². The van der Waals surface area contributed by atoms with Crippen LogP contribution in [0.5, 0.6) is 11.5 Å². The summed E-state index contributed by atoms with van der Waals surface area (Å²) in [6, 6.07) is 24.6. The molecule has 0 radical (unpaired) electrons. The third-order valence-corrected chi connectivity index (χ3v) is 5.58. The van der Waals surface area contributed by atoms with Crippen molar-refractivity contribution in [1.29, 1.82) is 0 Å². The van der Waals surface area contributed by atoms with E-state index >= 15 is 0 Å². The van der Waals surface area contributed by atoms with Crippen LogP contribution < -0.4 is 20.1 Å². The molecular weight excluding hydrogens is 448 g/mol. The molecule has 2 N–H and O–H groups in total. The monoisotopic (exact) mass is 476 g/mol. The quantitative estimate of drug-likeness (QED) is 0.424. The van der Waals surface area contributed by atoms with Gasteiger partial charge in [0.15, 0.2) is 5.11 Å². The number of carbonyl (C=O) groups is 1. The Morgan fingerprint density at radius 1 is 0.971 bits per heavy atom. The molecule has 1 saturated heterocycles. The van der Waals surface area contributed by atoms with Gasteiger partial charge in [0, 0.05) is 30.3 Å². The molecule has 1 unspecified atom stereocenters. The number of carbonyl (C=O) groups excluding carboxylic acids is 1. The minimum absolute atomic E-state index is 0.148. The van der Waals surface area contributed by atoms with Gasteiger partial charge in [-0.1, -0.05) is 42.5 Å². The topological polar surface area (TPSA) is 68.8 Å². The number of amides is 1. The van der Waals surface area contributed by atoms with E-state index in [1.807, 2.05) is 48.5 Å². The van der Waals surface area contributed by atoms with E-state index in [9.17, 15) is 4.79 Å². The van der Waals surface area contributed by atoms with E-state index < -0.39 is 0 Å². The van der Waals surface area contributed by atoms with Crippen LogP contribution in [0.15, 0.2) is 78.9 Å². The van der Waals surface area contributed by atoms with Crippen molar-refractivity contribution in [1.82, 2.24) is 5.32 Å². The van der Waals surface area contributed by atoms with Gasteiger partial charge in [0.2, 0.25) is 0 Å². The lowest BCUT2D eigenvalue weighted by molar-refractivity contribution is 0.0680. The average Bonchev–Trinajstić information content (AvgIpc) is 3.38. The number of rotatable bonds is 9. The summed E-state index contributed by atoms with van der Waals surface area (Å²) < 4.78 is 17.2. The van der Waals surface area contributed by atoms with Crippen molar-refractivity contribution < 1.29 is 19.0 Å². The molecule has 1 heterocycles. The fourth-order valence-electron chi connectivity index (χ4n) is 3.62. The lowest BCUT2D eigenvalue weighted by Gasteiger charge is -2.14. The van der Waals surface area contributed by atoms with E-state index in [0.29, 0.717) is 24.5 Å². The number of ether oxygens (including phenoxy) is 3. The van der Waals surface area contributed by atoms with E-state index in [1.54, 1.807) is 18.2 Å². The SMILES string of the molecule is O=C(NC(=S)Nc1cccc(OCC2CCCO2)c1)c1cccc(OCCc2ccccc2)c1. The van der Waals surface area contributed by atoms with Gasteiger partial charge >= 0.3 is 0 Å². The maximum atomic E-state index is 12.7. The maximum absolute atomic E-state index is 12.7. The second-order valence-electron chi connectivity index (χ2n) is 7.99. The molecule has 1 aliphatic heterocycles. The van der Waals surface area contributed by atoms with E-state index in [1.165, 1.54) is 5.56 Å². The van der Waals surface area contributed by atoms with Gasteiger partial charge in [-0.2, -0.15) is 0 Å². The van der Waals surface area contributed by atoms with Gasteiger partial charge in [-0.15, -0.1) is 0 Å². The molecule has 0 bridgehead atoms. The minimum atomic E-state index is -0.309. The second kappa shape index (κ2) is 12.2. The number of hydrogen-bond donors (Lipinski definition) is 2. The third-order valence-electron chi connectivity index (χ3n) is 5.38. The highest BCUT2D eigenvalue weighted by molar-refractivity contribution is 7.80. The molecule has 1 amide bonds. The van der Waals surface area contributed by atoms with Crippen LogP contribution in [-0.4, -0.2) is 36.9 Å². The smallest absolute Gasteiger partial charge is 0.257 e. The molecule has 0 saturated carbocycles. The van der Waals surface area contributed by atoms with Crippen LogP contribution in [0, 0.1) is 0 Å². The fraction of sp³-hybridized carbons (Fsp3) is 0.259. The van der Waals surface area contributed by atoms with Gasteiger partial charge in [-0.25, -0.2) is 0 Å². The molecule has 34 heavy (non-hydrogen) atoms. The first-order chi connectivity index (χ1) is 16.7. The Hall–Kier alpha value is -3.42. The summed E-state index contributed by atoms with van der Waals surface area (Å²) in [6.45, 7) is 1.85. The highest BCUT2D eigenvalue weighted by atomic mass is 32.1. The Balaban J connectivity index is 1.25. The summed E-state index contributed by atoms with van der Waals surface area (Å²) >= 11 is 5.33. The third kappa shape index (κ3) is 7.30. The highest BCUT2D eigenvalue weighted by Crippen LogP contribution is 2.20. The number of nitrogens with one attached hydrogen (secondary N) is 2. The Labute approximate surface area is 205 Å². The summed E-state index contributed by atoms with van der Waals surface area (Å²) in [7, 11) is 0. The van der Waals surface area contributed by atoms with Gasteiger partial charge in [0.05, 0.1) is 12.7 Å². The maximum Gasteiger partial charge on any atom is 0.257 e. The van der Waals surface area contributed by atoms with Crippen LogP contribution in [-0.2, 0) is 11.2 Å². The Morgan fingerprint density at radius 2 is 1.76 bits per heavy atom. The van der Waals surface area contributed by atoms with Crippen LogP contribution in [0.2, 0.25) is 0 Å². The Bertz CT molecular complexity index is 1100. The van der Waals surface area contributed by atoms with E-state index in [4.69, 9.17) is 26.4 Å². The van der Waals surface area contributed by atoms with Gasteiger partial charge in [0.25, 0.3) is 5.91 Å². The van der Waals surface area contributed by atoms with Crippen LogP contribution in [0.25, 0.3) is 0 Å². The summed E-state index contributed by atoms with van der Waals surface area (Å²) in [5.74, 6) is 1.05. The van der Waals surface area contributed by atoms with Gasteiger partial charge < -0.3 is 19.5 Å². The standard InChI is InChI=1S/C27H28N2O4S/c30-26(21-9-4-11-23(17-21)32-16-14-20-7-2-1-3-8-20)29-27(34)28-22-10-5-12-24(18-22)33-19-25-13-6-15-31-25/h1-5,7-12,17-18,25H,6,13-16,19H2,(H2,28,29,30,34). The van der Waals surface area contributed by atoms with Crippen molar-refractivity contribution >= 4 is 28.9 Å². The van der Waals surface area contributed by atoms with Crippen LogP contribution in [0.4, 0.5) is 5.69 Å². The summed E-state index contributed by atoms with van der Waals surface area (Å²) in [4.78, 5) is 12.7. The zero-order valence-corrected chi connectivity index (χ0v) is 19.7. The normalized spacial score (nSPS) is 14.9. The van der Waals surface area contributed by atoms with E-state index in [0.717, 1.165) is 37.3 Å². The lowest BCUT2D eigenvalue weighted by atomic mass is 10.2. The number of thiocarbonyl (C=S) groups is 1. The first kappa shape index (κ1) is 23.7. The summed E-state index contributed by atoms with van der Waals surface area (Å²) in [5.41, 5.74) is 2.40. The Kier molecular flexibility index (Phi) is 8.48. The molecule has 6 nitrogen and oxygen atoms in total. The van der Waals surface area contributed by atoms with Gasteiger partial charge in [-0.3, -0.25) is 10.1 Å².